The first-order chi connectivity index (χ1) is 7.09. The van der Waals surface area contributed by atoms with Crippen LogP contribution in [-0.4, -0.2) is 16.8 Å². The molecule has 0 atom stereocenters. The molecule has 0 aliphatic rings. The Kier molecular flexibility index (Phi) is 3.43. The maximum absolute atomic E-state index is 13.2. The standard InChI is InChI=1S/C6H6ClFN2O4S2/c7-15(11,12)6-2-1-4(3-5(6)8)10-16(9,13)14/h1-3,10H,(H2,9,13,14). The number of hydrogen-bond donors (Lipinski definition) is 2. The van der Waals surface area contributed by atoms with Crippen LogP contribution in [0.1, 0.15) is 0 Å². The van der Waals surface area contributed by atoms with Gasteiger partial charge in [-0.1, -0.05) is 0 Å². The van der Waals surface area contributed by atoms with Crippen LogP contribution in [0.15, 0.2) is 23.1 Å². The molecule has 0 amide bonds. The normalized spacial score (nSPS) is 12.4. The van der Waals surface area contributed by atoms with Gasteiger partial charge >= 0.3 is 0 Å². The van der Waals surface area contributed by atoms with E-state index >= 15 is 0 Å². The van der Waals surface area contributed by atoms with E-state index in [2.05, 4.69) is 5.14 Å². The van der Waals surface area contributed by atoms with Crippen LogP contribution in [-0.2, 0) is 19.3 Å². The van der Waals surface area contributed by atoms with Gasteiger partial charge in [0.15, 0.2) is 0 Å². The number of benzene rings is 1. The van der Waals surface area contributed by atoms with Crippen molar-refractivity contribution in [2.45, 2.75) is 4.90 Å². The summed E-state index contributed by atoms with van der Waals surface area (Å²) in [6.45, 7) is 0. The van der Waals surface area contributed by atoms with Crippen LogP contribution in [0.3, 0.4) is 0 Å². The molecule has 6 nitrogen and oxygen atoms in total. The fourth-order valence-corrected chi connectivity index (χ4v) is 2.28. The van der Waals surface area contributed by atoms with Gasteiger partial charge in [0.2, 0.25) is 0 Å². The lowest BCUT2D eigenvalue weighted by atomic mass is 10.3. The van der Waals surface area contributed by atoms with Crippen molar-refractivity contribution in [2.24, 2.45) is 5.14 Å². The van der Waals surface area contributed by atoms with E-state index in [1.165, 1.54) is 0 Å². The Balaban J connectivity index is 3.20. The van der Waals surface area contributed by atoms with Crippen LogP contribution in [0.4, 0.5) is 10.1 Å². The molecule has 0 aliphatic heterocycles. The highest BCUT2D eigenvalue weighted by atomic mass is 35.7. The van der Waals surface area contributed by atoms with Crippen LogP contribution in [0, 0.1) is 5.82 Å². The third kappa shape index (κ3) is 3.59. The topological polar surface area (TPSA) is 106 Å². The lowest BCUT2D eigenvalue weighted by Gasteiger charge is -2.04. The molecule has 0 heterocycles. The Labute approximate surface area is 95.8 Å². The van der Waals surface area contributed by atoms with Crippen molar-refractivity contribution in [3.05, 3.63) is 24.0 Å². The summed E-state index contributed by atoms with van der Waals surface area (Å²) in [6.07, 6.45) is 0. The van der Waals surface area contributed by atoms with E-state index in [0.717, 1.165) is 12.1 Å². The second kappa shape index (κ2) is 4.17. The highest BCUT2D eigenvalue weighted by Crippen LogP contribution is 2.22. The zero-order valence-corrected chi connectivity index (χ0v) is 9.90. The highest BCUT2D eigenvalue weighted by molar-refractivity contribution is 8.13. The fraction of sp³-hybridized carbons (Fsp3) is 0. The summed E-state index contributed by atoms with van der Waals surface area (Å²) >= 11 is 0. The van der Waals surface area contributed by atoms with Crippen molar-refractivity contribution in [3.8, 4) is 0 Å². The SMILES string of the molecule is NS(=O)(=O)Nc1ccc(S(=O)(=O)Cl)c(F)c1. The lowest BCUT2D eigenvalue weighted by Crippen LogP contribution is -2.21. The average Bonchev–Trinajstić information content (AvgIpc) is 1.97. The maximum atomic E-state index is 13.2. The predicted molar refractivity (Wildman–Crippen MR) is 56.2 cm³/mol. The predicted octanol–water partition coefficient (Wildman–Crippen LogP) is 0.369. The van der Waals surface area contributed by atoms with Gasteiger partial charge in [0, 0.05) is 10.7 Å². The molecule has 1 aromatic carbocycles. The molecule has 0 bridgehead atoms. The van der Waals surface area contributed by atoms with Crippen molar-refractivity contribution < 1.29 is 21.2 Å². The van der Waals surface area contributed by atoms with E-state index in [0.29, 0.717) is 6.07 Å². The Morgan fingerprint density at radius 3 is 2.19 bits per heavy atom. The van der Waals surface area contributed by atoms with E-state index in [1.54, 1.807) is 4.72 Å². The zero-order valence-electron chi connectivity index (χ0n) is 7.51. The number of hydrogen-bond acceptors (Lipinski definition) is 4. The van der Waals surface area contributed by atoms with Gasteiger partial charge in [0.05, 0.1) is 5.69 Å². The molecule has 0 saturated heterocycles. The molecule has 3 N–H and O–H groups in total. The lowest BCUT2D eigenvalue weighted by molar-refractivity contribution is 0.576. The molecule has 90 valence electrons. The fourth-order valence-electron chi connectivity index (χ4n) is 0.926. The molecule has 0 radical (unpaired) electrons. The minimum Gasteiger partial charge on any atom is -0.271 e. The zero-order chi connectivity index (χ0) is 12.6. The molecular weight excluding hydrogens is 283 g/mol. The number of anilines is 1. The summed E-state index contributed by atoms with van der Waals surface area (Å²) in [5.74, 6) is -1.18. The van der Waals surface area contributed by atoms with E-state index in [4.69, 9.17) is 10.7 Å². The van der Waals surface area contributed by atoms with Crippen LogP contribution in [0.2, 0.25) is 0 Å². The van der Waals surface area contributed by atoms with Crippen LogP contribution >= 0.6 is 10.7 Å². The number of halogens is 2. The first-order valence-electron chi connectivity index (χ1n) is 3.64. The monoisotopic (exact) mass is 288 g/mol. The third-order valence-corrected chi connectivity index (χ3v) is 3.33. The van der Waals surface area contributed by atoms with Gasteiger partial charge in [-0.15, -0.1) is 0 Å². The maximum Gasteiger partial charge on any atom is 0.296 e. The second-order valence-corrected chi connectivity index (χ2v) is 6.56. The van der Waals surface area contributed by atoms with E-state index in [1.807, 2.05) is 0 Å². The smallest absolute Gasteiger partial charge is 0.271 e. The first kappa shape index (κ1) is 13.2. The molecule has 0 aromatic heterocycles. The molecule has 0 spiro atoms. The number of rotatable bonds is 3. The molecule has 0 aliphatic carbocycles. The van der Waals surface area contributed by atoms with Gasteiger partial charge in [0.1, 0.15) is 10.7 Å². The minimum absolute atomic E-state index is 0.205. The molecule has 1 aromatic rings. The molecule has 0 fully saturated rings. The molecular formula is C6H6ClFN2O4S2. The molecule has 1 rings (SSSR count). The highest BCUT2D eigenvalue weighted by Gasteiger charge is 2.16. The van der Waals surface area contributed by atoms with Crippen LogP contribution in [0.25, 0.3) is 0 Å². The Morgan fingerprint density at radius 1 is 1.25 bits per heavy atom. The Hall–Kier alpha value is -0.900. The van der Waals surface area contributed by atoms with Crippen molar-refractivity contribution >= 4 is 35.6 Å². The van der Waals surface area contributed by atoms with Crippen LogP contribution < -0.4 is 9.86 Å². The summed E-state index contributed by atoms with van der Waals surface area (Å²) in [7, 11) is -3.33. The van der Waals surface area contributed by atoms with Gasteiger partial charge in [-0.25, -0.2) is 17.9 Å². The van der Waals surface area contributed by atoms with Gasteiger partial charge in [-0.3, -0.25) is 4.72 Å². The number of nitrogens with two attached hydrogens (primary N) is 1. The summed E-state index contributed by atoms with van der Waals surface area (Å²) in [4.78, 5) is -0.742. The van der Waals surface area contributed by atoms with Gasteiger partial charge < -0.3 is 0 Å². The van der Waals surface area contributed by atoms with E-state index in [9.17, 15) is 21.2 Å². The Morgan fingerprint density at radius 2 is 1.81 bits per heavy atom. The Bertz CT molecular complexity index is 613. The van der Waals surface area contributed by atoms with Crippen molar-refractivity contribution in [2.75, 3.05) is 4.72 Å². The number of nitrogens with one attached hydrogen (secondary N) is 1. The summed E-state index contributed by atoms with van der Waals surface area (Å²) in [6, 6.07) is 2.49. The summed E-state index contributed by atoms with van der Waals surface area (Å²) in [5.41, 5.74) is -0.205. The van der Waals surface area contributed by atoms with Crippen molar-refractivity contribution in [3.63, 3.8) is 0 Å². The third-order valence-electron chi connectivity index (χ3n) is 1.45. The van der Waals surface area contributed by atoms with E-state index in [-0.39, 0.29) is 5.69 Å². The summed E-state index contributed by atoms with van der Waals surface area (Å²) in [5, 5.41) is 4.64. The molecule has 0 unspecified atom stereocenters. The quantitative estimate of drug-likeness (QED) is 0.784. The molecule has 10 heteroatoms. The second-order valence-electron chi connectivity index (χ2n) is 2.73. The molecule has 16 heavy (non-hydrogen) atoms. The first-order valence-corrected chi connectivity index (χ1v) is 7.50. The van der Waals surface area contributed by atoms with Crippen LogP contribution in [0.5, 0.6) is 0 Å². The van der Waals surface area contributed by atoms with Gasteiger partial charge in [-0.05, 0) is 18.2 Å². The molecule has 0 saturated carbocycles. The van der Waals surface area contributed by atoms with Gasteiger partial charge in [0.25, 0.3) is 19.3 Å². The van der Waals surface area contributed by atoms with E-state index < -0.39 is 30.0 Å². The average molecular weight is 289 g/mol. The van der Waals surface area contributed by atoms with Gasteiger partial charge in [-0.2, -0.15) is 8.42 Å². The summed E-state index contributed by atoms with van der Waals surface area (Å²) < 4.78 is 57.8. The van der Waals surface area contributed by atoms with Crippen molar-refractivity contribution in [1.82, 2.24) is 0 Å². The largest absolute Gasteiger partial charge is 0.296 e. The minimum atomic E-state index is -4.21. The van der Waals surface area contributed by atoms with Crippen molar-refractivity contribution in [1.29, 1.82) is 0 Å².